The second kappa shape index (κ2) is 10.9. The number of benzene rings is 2. The summed E-state index contributed by atoms with van der Waals surface area (Å²) in [5.41, 5.74) is 8.02. The number of carbonyl (C=O) groups is 1. The van der Waals surface area contributed by atoms with Crippen molar-refractivity contribution in [3.63, 3.8) is 0 Å². The number of hydrogen-bond donors (Lipinski definition) is 1. The van der Waals surface area contributed by atoms with E-state index in [4.69, 9.17) is 14.9 Å². The molecule has 1 atom stereocenters. The SMILES string of the molecule is CC(C)(C)[Si](C)(C)OCC(CCn1ccc2cc(OCc3ccccc3)ccc21)n1cnc(C(N)=O)c1. The molecule has 1 unspecified atom stereocenters. The zero-order valence-electron chi connectivity index (χ0n) is 22.5. The predicted octanol–water partition coefficient (Wildman–Crippen LogP) is 6.17. The topological polar surface area (TPSA) is 84.3 Å². The zero-order chi connectivity index (χ0) is 26.6. The van der Waals surface area contributed by atoms with Crippen LogP contribution in [0.4, 0.5) is 0 Å². The highest BCUT2D eigenvalue weighted by Gasteiger charge is 2.37. The third-order valence-corrected chi connectivity index (χ3v) is 11.9. The van der Waals surface area contributed by atoms with Gasteiger partial charge in [-0.15, -0.1) is 0 Å². The van der Waals surface area contributed by atoms with Gasteiger partial charge in [0.25, 0.3) is 5.91 Å². The second-order valence-electron chi connectivity index (χ2n) is 11.1. The largest absolute Gasteiger partial charge is 0.489 e. The van der Waals surface area contributed by atoms with E-state index in [0.717, 1.165) is 35.2 Å². The molecule has 0 saturated heterocycles. The highest BCUT2D eigenvalue weighted by Crippen LogP contribution is 2.37. The lowest BCUT2D eigenvalue weighted by atomic mass is 10.2. The first-order chi connectivity index (χ1) is 17.5. The molecule has 1 amide bonds. The van der Waals surface area contributed by atoms with E-state index in [1.54, 1.807) is 12.5 Å². The van der Waals surface area contributed by atoms with E-state index in [0.29, 0.717) is 13.2 Å². The summed E-state index contributed by atoms with van der Waals surface area (Å²) in [6, 6.07) is 18.5. The lowest BCUT2D eigenvalue weighted by Crippen LogP contribution is -2.42. The van der Waals surface area contributed by atoms with Gasteiger partial charge >= 0.3 is 0 Å². The Bertz CT molecular complexity index is 1340. The Hall–Kier alpha value is -3.36. The summed E-state index contributed by atoms with van der Waals surface area (Å²) in [5.74, 6) is 0.330. The molecular weight excluding hydrogens is 480 g/mol. The van der Waals surface area contributed by atoms with Crippen molar-refractivity contribution in [2.24, 2.45) is 5.73 Å². The molecule has 0 spiro atoms. The molecule has 4 aromatic rings. The number of rotatable bonds is 11. The maximum absolute atomic E-state index is 11.6. The van der Waals surface area contributed by atoms with Crippen LogP contribution in [0.3, 0.4) is 0 Å². The summed E-state index contributed by atoms with van der Waals surface area (Å²) in [7, 11) is -1.94. The number of fused-ring (bicyclic) bond motifs is 1. The maximum atomic E-state index is 11.6. The Morgan fingerprint density at radius 1 is 1.11 bits per heavy atom. The summed E-state index contributed by atoms with van der Waals surface area (Å²) < 4.78 is 16.8. The van der Waals surface area contributed by atoms with E-state index >= 15 is 0 Å². The van der Waals surface area contributed by atoms with Crippen LogP contribution in [0.15, 0.2) is 73.3 Å². The Balaban J connectivity index is 1.47. The van der Waals surface area contributed by atoms with Gasteiger partial charge in [-0.25, -0.2) is 4.98 Å². The first-order valence-electron chi connectivity index (χ1n) is 12.8. The Labute approximate surface area is 220 Å². The van der Waals surface area contributed by atoms with Crippen LogP contribution < -0.4 is 10.5 Å². The number of carbonyl (C=O) groups excluding carboxylic acids is 1. The molecule has 0 aliphatic heterocycles. The lowest BCUT2D eigenvalue weighted by molar-refractivity contribution is 0.0995. The minimum absolute atomic E-state index is 0.0284. The van der Waals surface area contributed by atoms with Crippen molar-refractivity contribution in [1.82, 2.24) is 14.1 Å². The number of hydrogen-bond acceptors (Lipinski definition) is 4. The van der Waals surface area contributed by atoms with Gasteiger partial charge in [-0.2, -0.15) is 0 Å². The highest BCUT2D eigenvalue weighted by molar-refractivity contribution is 6.74. The van der Waals surface area contributed by atoms with Crippen LogP contribution in [0, 0.1) is 0 Å². The molecule has 0 aliphatic carbocycles. The number of nitrogens with zero attached hydrogens (tertiary/aromatic N) is 3. The lowest BCUT2D eigenvalue weighted by Gasteiger charge is -2.37. The van der Waals surface area contributed by atoms with Crippen molar-refractivity contribution >= 4 is 25.1 Å². The Morgan fingerprint density at radius 2 is 1.86 bits per heavy atom. The molecule has 0 bridgehead atoms. The van der Waals surface area contributed by atoms with Crippen LogP contribution in [-0.2, 0) is 17.6 Å². The molecule has 2 aromatic carbocycles. The Kier molecular flexibility index (Phi) is 7.89. The van der Waals surface area contributed by atoms with Crippen molar-refractivity contribution in [3.8, 4) is 5.75 Å². The first-order valence-corrected chi connectivity index (χ1v) is 15.7. The summed E-state index contributed by atoms with van der Waals surface area (Å²) in [6.45, 7) is 13.1. The van der Waals surface area contributed by atoms with E-state index in [1.807, 2.05) is 28.8 Å². The molecule has 0 fully saturated rings. The smallest absolute Gasteiger partial charge is 0.268 e. The van der Waals surface area contributed by atoms with Gasteiger partial charge in [0.05, 0.1) is 19.0 Å². The molecule has 0 radical (unpaired) electrons. The number of imidazole rings is 1. The highest BCUT2D eigenvalue weighted by atomic mass is 28.4. The summed E-state index contributed by atoms with van der Waals surface area (Å²) in [4.78, 5) is 15.8. The van der Waals surface area contributed by atoms with Gasteiger partial charge in [-0.05, 0) is 54.4 Å². The first kappa shape index (κ1) is 26.7. The van der Waals surface area contributed by atoms with Crippen molar-refractivity contribution < 1.29 is 14.0 Å². The number of amides is 1. The fraction of sp³-hybridized carbons (Fsp3) is 0.379. The van der Waals surface area contributed by atoms with Crippen LogP contribution >= 0.6 is 0 Å². The second-order valence-corrected chi connectivity index (χ2v) is 15.9. The molecule has 4 rings (SSSR count). The maximum Gasteiger partial charge on any atom is 0.268 e. The molecule has 196 valence electrons. The predicted molar refractivity (Wildman–Crippen MR) is 150 cm³/mol. The van der Waals surface area contributed by atoms with Crippen molar-refractivity contribution in [2.75, 3.05) is 6.61 Å². The number of nitrogens with two attached hydrogens (primary N) is 1. The van der Waals surface area contributed by atoms with Crippen LogP contribution in [-0.4, -0.2) is 34.9 Å². The average molecular weight is 519 g/mol. The third kappa shape index (κ3) is 6.50. The van der Waals surface area contributed by atoms with Gasteiger partial charge in [0.15, 0.2) is 8.32 Å². The molecule has 37 heavy (non-hydrogen) atoms. The van der Waals surface area contributed by atoms with Crippen molar-refractivity contribution in [1.29, 1.82) is 0 Å². The van der Waals surface area contributed by atoms with Gasteiger partial charge < -0.3 is 24.0 Å². The van der Waals surface area contributed by atoms with E-state index in [1.165, 1.54) is 0 Å². The quantitative estimate of drug-likeness (QED) is 0.241. The number of primary amides is 1. The molecule has 0 aliphatic rings. The molecule has 0 saturated carbocycles. The van der Waals surface area contributed by atoms with E-state index in [9.17, 15) is 4.79 Å². The standard InChI is InChI=1S/C29H38N4O3Si/c1-29(2,3)37(4,5)36-20-24(33-18-26(28(30)34)31-21-33)14-16-32-15-13-23-17-25(11-12-27(23)32)35-19-22-9-7-6-8-10-22/h6-13,15,17-18,21,24H,14,16,19-20H2,1-5H3,(H2,30,34). The Morgan fingerprint density at radius 3 is 2.54 bits per heavy atom. The fourth-order valence-corrected chi connectivity index (χ4v) is 5.04. The molecule has 7 nitrogen and oxygen atoms in total. The van der Waals surface area contributed by atoms with E-state index in [-0.39, 0.29) is 16.8 Å². The van der Waals surface area contributed by atoms with Crippen LogP contribution in [0.1, 0.15) is 49.3 Å². The minimum atomic E-state index is -1.94. The number of ether oxygens (including phenoxy) is 1. The van der Waals surface area contributed by atoms with Crippen LogP contribution in [0.2, 0.25) is 18.1 Å². The third-order valence-electron chi connectivity index (χ3n) is 7.41. The summed E-state index contributed by atoms with van der Waals surface area (Å²) in [5, 5.41) is 1.25. The van der Waals surface area contributed by atoms with Crippen molar-refractivity contribution in [3.05, 3.63) is 84.6 Å². The van der Waals surface area contributed by atoms with Gasteiger partial charge in [0.1, 0.15) is 18.1 Å². The number of aryl methyl sites for hydroxylation is 1. The molecule has 8 heteroatoms. The zero-order valence-corrected chi connectivity index (χ0v) is 23.5. The van der Waals surface area contributed by atoms with Gasteiger partial charge in [0, 0.05) is 29.8 Å². The molecular formula is C29H38N4O3Si. The average Bonchev–Trinajstić information content (AvgIpc) is 3.50. The molecule has 2 aromatic heterocycles. The number of aromatic nitrogens is 3. The van der Waals surface area contributed by atoms with E-state index < -0.39 is 14.2 Å². The van der Waals surface area contributed by atoms with Gasteiger partial charge in [0.2, 0.25) is 0 Å². The fourth-order valence-electron chi connectivity index (χ4n) is 4.00. The van der Waals surface area contributed by atoms with Gasteiger partial charge in [-0.1, -0.05) is 51.1 Å². The monoisotopic (exact) mass is 518 g/mol. The molecule has 2 N–H and O–H groups in total. The summed E-state index contributed by atoms with van der Waals surface area (Å²) >= 11 is 0. The van der Waals surface area contributed by atoms with Crippen LogP contribution in [0.25, 0.3) is 10.9 Å². The van der Waals surface area contributed by atoms with Crippen LogP contribution in [0.5, 0.6) is 5.75 Å². The molecule has 2 heterocycles. The van der Waals surface area contributed by atoms with E-state index in [2.05, 4.69) is 79.9 Å². The summed E-state index contributed by atoms with van der Waals surface area (Å²) in [6.07, 6.45) is 6.34. The van der Waals surface area contributed by atoms with Gasteiger partial charge in [-0.3, -0.25) is 4.79 Å². The van der Waals surface area contributed by atoms with Crippen molar-refractivity contribution in [2.45, 2.75) is 64.5 Å². The minimum Gasteiger partial charge on any atom is -0.489 e. The normalized spacial score (nSPS) is 13.1.